The third-order valence-electron chi connectivity index (χ3n) is 3.54. The Hall–Kier alpha value is -2.30. The number of aromatic nitrogens is 1. The van der Waals surface area contributed by atoms with Crippen LogP contribution in [0.4, 0.5) is 0 Å². The topological polar surface area (TPSA) is 64.4 Å². The first kappa shape index (κ1) is 17.1. The summed E-state index contributed by atoms with van der Waals surface area (Å²) in [7, 11) is 1.63. The van der Waals surface area contributed by atoms with Crippen molar-refractivity contribution in [1.29, 1.82) is 0 Å². The predicted molar refractivity (Wildman–Crippen MR) is 89.3 cm³/mol. The molecule has 0 aliphatic heterocycles. The van der Waals surface area contributed by atoms with Gasteiger partial charge in [0.25, 0.3) is 0 Å². The molecule has 0 aliphatic carbocycles. The van der Waals surface area contributed by atoms with Crippen LogP contribution in [0.2, 0.25) is 0 Å². The molecule has 0 radical (unpaired) electrons. The van der Waals surface area contributed by atoms with E-state index in [1.165, 1.54) is 0 Å². The lowest BCUT2D eigenvalue weighted by atomic mass is 10.1. The second kappa shape index (κ2) is 8.36. The number of hydrogen-bond donors (Lipinski definition) is 1. The van der Waals surface area contributed by atoms with Crippen LogP contribution >= 0.6 is 0 Å². The van der Waals surface area contributed by atoms with E-state index in [2.05, 4.69) is 24.1 Å². The van der Waals surface area contributed by atoms with Gasteiger partial charge in [0.05, 0.1) is 12.8 Å². The van der Waals surface area contributed by atoms with Crippen molar-refractivity contribution in [2.75, 3.05) is 13.7 Å². The van der Waals surface area contributed by atoms with Gasteiger partial charge in [-0.1, -0.05) is 13.8 Å². The summed E-state index contributed by atoms with van der Waals surface area (Å²) in [6.45, 7) is 4.80. The van der Waals surface area contributed by atoms with Gasteiger partial charge in [-0.2, -0.15) is 0 Å². The van der Waals surface area contributed by atoms with Crippen LogP contribution in [-0.4, -0.2) is 24.5 Å². The number of nitrogens with one attached hydrogen (secondary N) is 1. The first-order valence-corrected chi connectivity index (χ1v) is 7.94. The predicted octanol–water partition coefficient (Wildman–Crippen LogP) is 3.45. The van der Waals surface area contributed by atoms with Crippen LogP contribution in [0.5, 0.6) is 5.75 Å². The minimum absolute atomic E-state index is 0.0950. The van der Waals surface area contributed by atoms with E-state index in [1.807, 2.05) is 24.3 Å². The molecule has 0 bridgehead atoms. The summed E-state index contributed by atoms with van der Waals surface area (Å²) in [6, 6.07) is 7.55. The smallest absolute Gasteiger partial charge is 0.226 e. The SMILES string of the molecule is COc1ccc(-c2nc(CCNC(=O)CCC(C)C)co2)cc1. The molecule has 0 saturated carbocycles. The highest BCUT2D eigenvalue weighted by atomic mass is 16.5. The van der Waals surface area contributed by atoms with Gasteiger partial charge in [0.2, 0.25) is 11.8 Å². The highest BCUT2D eigenvalue weighted by Gasteiger charge is 2.08. The fraction of sp³-hybridized carbons (Fsp3) is 0.444. The molecule has 0 spiro atoms. The van der Waals surface area contributed by atoms with E-state index in [9.17, 15) is 4.79 Å². The number of ether oxygens (including phenoxy) is 1. The molecule has 0 atom stereocenters. The van der Waals surface area contributed by atoms with Crippen molar-refractivity contribution in [3.63, 3.8) is 0 Å². The molecule has 1 aromatic carbocycles. The molecule has 5 heteroatoms. The highest BCUT2D eigenvalue weighted by Crippen LogP contribution is 2.21. The van der Waals surface area contributed by atoms with Crippen LogP contribution in [-0.2, 0) is 11.2 Å². The maximum absolute atomic E-state index is 11.7. The number of nitrogens with zero attached hydrogens (tertiary/aromatic N) is 1. The van der Waals surface area contributed by atoms with Crippen molar-refractivity contribution >= 4 is 5.91 Å². The number of hydrogen-bond acceptors (Lipinski definition) is 4. The molecule has 124 valence electrons. The number of rotatable bonds is 8. The van der Waals surface area contributed by atoms with Crippen molar-refractivity contribution in [3.8, 4) is 17.2 Å². The summed E-state index contributed by atoms with van der Waals surface area (Å²) in [6.07, 6.45) is 3.79. The molecular weight excluding hydrogens is 292 g/mol. The van der Waals surface area contributed by atoms with Gasteiger partial charge in [0, 0.05) is 24.9 Å². The maximum atomic E-state index is 11.7. The third-order valence-corrected chi connectivity index (χ3v) is 3.54. The molecule has 1 heterocycles. The average molecular weight is 316 g/mol. The fourth-order valence-corrected chi connectivity index (χ4v) is 2.13. The summed E-state index contributed by atoms with van der Waals surface area (Å²) >= 11 is 0. The van der Waals surface area contributed by atoms with Crippen molar-refractivity contribution in [2.45, 2.75) is 33.1 Å². The zero-order valence-electron chi connectivity index (χ0n) is 14.0. The molecule has 0 fully saturated rings. The number of carbonyl (C=O) groups is 1. The normalized spacial score (nSPS) is 10.8. The highest BCUT2D eigenvalue weighted by molar-refractivity contribution is 5.75. The van der Waals surface area contributed by atoms with Crippen molar-refractivity contribution in [1.82, 2.24) is 10.3 Å². The van der Waals surface area contributed by atoms with E-state index in [1.54, 1.807) is 13.4 Å². The van der Waals surface area contributed by atoms with Crippen molar-refractivity contribution in [3.05, 3.63) is 36.2 Å². The van der Waals surface area contributed by atoms with Gasteiger partial charge in [-0.25, -0.2) is 4.98 Å². The maximum Gasteiger partial charge on any atom is 0.226 e. The largest absolute Gasteiger partial charge is 0.497 e. The molecule has 5 nitrogen and oxygen atoms in total. The van der Waals surface area contributed by atoms with Gasteiger partial charge >= 0.3 is 0 Å². The van der Waals surface area contributed by atoms with Crippen molar-refractivity contribution < 1.29 is 13.9 Å². The van der Waals surface area contributed by atoms with E-state index < -0.39 is 0 Å². The molecule has 1 amide bonds. The third kappa shape index (κ3) is 5.43. The van der Waals surface area contributed by atoms with Gasteiger partial charge in [-0.15, -0.1) is 0 Å². The lowest BCUT2D eigenvalue weighted by Crippen LogP contribution is -2.25. The molecule has 0 aliphatic rings. The summed E-state index contributed by atoms with van der Waals surface area (Å²) in [5.41, 5.74) is 1.73. The van der Waals surface area contributed by atoms with E-state index in [-0.39, 0.29) is 5.91 Å². The lowest BCUT2D eigenvalue weighted by molar-refractivity contribution is -0.121. The minimum Gasteiger partial charge on any atom is -0.497 e. The molecule has 23 heavy (non-hydrogen) atoms. The molecule has 2 rings (SSSR count). The Kier molecular flexibility index (Phi) is 6.20. The van der Waals surface area contributed by atoms with Gasteiger partial charge in [0.1, 0.15) is 12.0 Å². The van der Waals surface area contributed by atoms with Gasteiger partial charge in [-0.05, 0) is 36.6 Å². The van der Waals surface area contributed by atoms with Crippen LogP contribution in [0.1, 0.15) is 32.4 Å². The number of carbonyl (C=O) groups excluding carboxylic acids is 1. The molecule has 1 N–H and O–H groups in total. The first-order chi connectivity index (χ1) is 11.1. The van der Waals surface area contributed by atoms with E-state index in [0.29, 0.717) is 31.2 Å². The minimum atomic E-state index is 0.0950. The molecule has 1 aromatic heterocycles. The van der Waals surface area contributed by atoms with E-state index in [4.69, 9.17) is 9.15 Å². The second-order valence-electron chi connectivity index (χ2n) is 5.90. The Balaban J connectivity index is 1.81. The van der Waals surface area contributed by atoms with Crippen LogP contribution in [0.25, 0.3) is 11.5 Å². The average Bonchev–Trinajstić information content (AvgIpc) is 3.02. The Bertz CT molecular complexity index is 617. The Morgan fingerprint density at radius 1 is 1.30 bits per heavy atom. The summed E-state index contributed by atoms with van der Waals surface area (Å²) in [4.78, 5) is 16.1. The second-order valence-corrected chi connectivity index (χ2v) is 5.90. The fourth-order valence-electron chi connectivity index (χ4n) is 2.13. The lowest BCUT2D eigenvalue weighted by Gasteiger charge is -2.05. The number of amides is 1. The van der Waals surface area contributed by atoms with Crippen LogP contribution in [0.15, 0.2) is 34.9 Å². The molecule has 2 aromatic rings. The molecular formula is C18H24N2O3. The zero-order valence-corrected chi connectivity index (χ0v) is 14.0. The van der Waals surface area contributed by atoms with Gasteiger partial charge < -0.3 is 14.5 Å². The van der Waals surface area contributed by atoms with Crippen LogP contribution < -0.4 is 10.1 Å². The summed E-state index contributed by atoms with van der Waals surface area (Å²) < 4.78 is 10.6. The van der Waals surface area contributed by atoms with E-state index >= 15 is 0 Å². The quantitative estimate of drug-likeness (QED) is 0.810. The Labute approximate surface area is 137 Å². The van der Waals surface area contributed by atoms with E-state index in [0.717, 1.165) is 23.4 Å². The standard InChI is InChI=1S/C18H24N2O3/c1-13(2)4-9-17(21)19-11-10-15-12-23-18(20-15)14-5-7-16(22-3)8-6-14/h5-8,12-13H,4,9-11H2,1-3H3,(H,19,21). The zero-order chi connectivity index (χ0) is 16.7. The molecule has 0 unspecified atom stereocenters. The molecule has 0 saturated heterocycles. The Morgan fingerprint density at radius 3 is 2.70 bits per heavy atom. The number of oxazole rings is 1. The number of benzene rings is 1. The monoisotopic (exact) mass is 316 g/mol. The number of methoxy groups -OCH3 is 1. The van der Waals surface area contributed by atoms with Gasteiger partial charge in [-0.3, -0.25) is 4.79 Å². The summed E-state index contributed by atoms with van der Waals surface area (Å²) in [5.74, 6) is 2.01. The summed E-state index contributed by atoms with van der Waals surface area (Å²) in [5, 5.41) is 2.91. The first-order valence-electron chi connectivity index (χ1n) is 7.94. The van der Waals surface area contributed by atoms with Crippen LogP contribution in [0.3, 0.4) is 0 Å². The van der Waals surface area contributed by atoms with Crippen molar-refractivity contribution in [2.24, 2.45) is 5.92 Å². The van der Waals surface area contributed by atoms with Crippen LogP contribution in [0, 0.1) is 5.92 Å². The Morgan fingerprint density at radius 2 is 2.04 bits per heavy atom. The van der Waals surface area contributed by atoms with Gasteiger partial charge in [0.15, 0.2) is 0 Å².